The van der Waals surface area contributed by atoms with Gasteiger partial charge in [0.1, 0.15) is 0 Å². The fourth-order valence-electron chi connectivity index (χ4n) is 5.96. The molecule has 2 aromatic heterocycles. The summed E-state index contributed by atoms with van der Waals surface area (Å²) in [6.45, 7) is 4.90. The van der Waals surface area contributed by atoms with E-state index in [1.165, 1.54) is 4.90 Å². The molecule has 0 bridgehead atoms. The highest BCUT2D eigenvalue weighted by molar-refractivity contribution is 6.21. The number of nitrogens with one attached hydrogen (secondary N) is 1. The van der Waals surface area contributed by atoms with Crippen molar-refractivity contribution in [2.75, 3.05) is 11.9 Å². The molecule has 6 rings (SSSR count). The molecule has 3 unspecified atom stereocenters. The number of hydrogen-bond acceptors (Lipinski definition) is 6. The highest BCUT2D eigenvalue weighted by Gasteiger charge is 2.42. The van der Waals surface area contributed by atoms with E-state index in [2.05, 4.69) is 38.8 Å². The molecule has 8 heteroatoms. The summed E-state index contributed by atoms with van der Waals surface area (Å²) in [6, 6.07) is 21.3. The van der Waals surface area contributed by atoms with Crippen molar-refractivity contribution in [1.82, 2.24) is 24.3 Å². The highest BCUT2D eigenvalue weighted by Crippen LogP contribution is 2.33. The van der Waals surface area contributed by atoms with Gasteiger partial charge in [0, 0.05) is 12.7 Å². The Morgan fingerprint density at radius 1 is 0.947 bits per heavy atom. The van der Waals surface area contributed by atoms with Crippen LogP contribution >= 0.6 is 0 Å². The summed E-state index contributed by atoms with van der Waals surface area (Å²) in [5.41, 5.74) is 3.91. The van der Waals surface area contributed by atoms with E-state index in [-0.39, 0.29) is 24.0 Å². The molecule has 2 amide bonds. The molecule has 4 aromatic rings. The van der Waals surface area contributed by atoms with Gasteiger partial charge in [0.2, 0.25) is 5.95 Å². The minimum atomic E-state index is -0.393. The number of imidazole rings is 1. The molecular weight excluding hydrogens is 476 g/mol. The number of pyridine rings is 1. The zero-order valence-corrected chi connectivity index (χ0v) is 21.7. The Morgan fingerprint density at radius 3 is 2.37 bits per heavy atom. The van der Waals surface area contributed by atoms with E-state index in [0.717, 1.165) is 54.9 Å². The maximum absolute atomic E-state index is 13.2. The molecule has 0 aliphatic carbocycles. The number of aromatic nitrogens is 3. The molecule has 1 saturated heterocycles. The van der Waals surface area contributed by atoms with Gasteiger partial charge in [0.05, 0.1) is 46.2 Å². The molecule has 2 aliphatic heterocycles. The minimum absolute atomic E-state index is 0.0109. The van der Waals surface area contributed by atoms with Crippen molar-refractivity contribution in [3.63, 3.8) is 0 Å². The largest absolute Gasteiger partial charge is 0.340 e. The first-order chi connectivity index (χ1) is 18.6. The normalized spacial score (nSPS) is 19.5. The zero-order chi connectivity index (χ0) is 26.2. The smallest absolute Gasteiger partial charge is 0.262 e. The topological polar surface area (TPSA) is 83.4 Å². The summed E-state index contributed by atoms with van der Waals surface area (Å²) in [4.78, 5) is 39.8. The van der Waals surface area contributed by atoms with Gasteiger partial charge in [-0.2, -0.15) is 0 Å². The number of carbonyl (C=O) groups excluding carboxylic acids is 2. The summed E-state index contributed by atoms with van der Waals surface area (Å²) >= 11 is 0. The highest BCUT2D eigenvalue weighted by atomic mass is 16.2. The van der Waals surface area contributed by atoms with Crippen LogP contribution in [0.25, 0.3) is 11.0 Å². The molecule has 2 aliphatic rings. The van der Waals surface area contributed by atoms with Crippen molar-refractivity contribution in [3.05, 3.63) is 89.7 Å². The number of fused-ring (bicyclic) bond motifs is 2. The molecule has 0 spiro atoms. The molecule has 3 atom stereocenters. The van der Waals surface area contributed by atoms with Crippen molar-refractivity contribution < 1.29 is 9.59 Å². The first-order valence-electron chi connectivity index (χ1n) is 13.5. The third kappa shape index (κ3) is 4.05. The average Bonchev–Trinajstić information content (AvgIpc) is 3.44. The first kappa shape index (κ1) is 24.3. The van der Waals surface area contributed by atoms with Crippen LogP contribution in [-0.4, -0.2) is 55.0 Å². The number of benzene rings is 2. The standard InChI is InChI=1S/C30H32N6O2/c1-3-25(23-14-8-10-18-31-23)36-26-16-7-6-15-24(26)32-30(36)33-27-17-9-11-19-34(27)20(2)35-28(37)21-12-4-5-13-22(21)29(35)38/h4-8,10,12-16,18,20,25,27H,3,9,11,17,19H2,1-2H3,(H,32,33). The Balaban J connectivity index is 1.35. The Hall–Kier alpha value is -4.04. The van der Waals surface area contributed by atoms with Gasteiger partial charge in [0.25, 0.3) is 11.8 Å². The van der Waals surface area contributed by atoms with E-state index in [0.29, 0.717) is 11.1 Å². The predicted molar refractivity (Wildman–Crippen MR) is 147 cm³/mol. The second-order valence-electron chi connectivity index (χ2n) is 10.0. The average molecular weight is 509 g/mol. The summed E-state index contributed by atoms with van der Waals surface area (Å²) in [5, 5.41) is 3.73. The lowest BCUT2D eigenvalue weighted by Crippen LogP contribution is -2.57. The van der Waals surface area contributed by atoms with Crippen molar-refractivity contribution >= 4 is 28.8 Å². The zero-order valence-electron chi connectivity index (χ0n) is 21.7. The van der Waals surface area contributed by atoms with Crippen molar-refractivity contribution in [2.24, 2.45) is 0 Å². The number of piperidine rings is 1. The van der Waals surface area contributed by atoms with Gasteiger partial charge in [-0.15, -0.1) is 0 Å². The van der Waals surface area contributed by atoms with Gasteiger partial charge >= 0.3 is 0 Å². The number of para-hydroxylation sites is 2. The molecular formula is C30H32N6O2. The van der Waals surface area contributed by atoms with E-state index in [4.69, 9.17) is 4.98 Å². The van der Waals surface area contributed by atoms with E-state index in [1.807, 2.05) is 43.5 Å². The summed E-state index contributed by atoms with van der Waals surface area (Å²) in [6.07, 6.45) is 5.16. The van der Waals surface area contributed by atoms with Crippen LogP contribution in [0, 0.1) is 0 Å². The van der Waals surface area contributed by atoms with Crippen molar-refractivity contribution in [2.45, 2.75) is 57.9 Å². The van der Waals surface area contributed by atoms with E-state index in [9.17, 15) is 9.59 Å². The van der Waals surface area contributed by atoms with Gasteiger partial charge < -0.3 is 9.88 Å². The predicted octanol–water partition coefficient (Wildman–Crippen LogP) is 5.30. The number of imide groups is 1. The maximum atomic E-state index is 13.2. The SMILES string of the molecule is CCC(c1ccccn1)n1c(NC2CCCCN2C(C)N2C(=O)c3ccccc3C2=O)nc2ccccc21. The molecule has 1 N–H and O–H groups in total. The van der Waals surface area contributed by atoms with Crippen LogP contribution < -0.4 is 5.32 Å². The van der Waals surface area contributed by atoms with Crippen LogP contribution in [0.5, 0.6) is 0 Å². The molecule has 8 nitrogen and oxygen atoms in total. The maximum Gasteiger partial charge on any atom is 0.262 e. The molecule has 0 saturated carbocycles. The number of hydrogen-bond donors (Lipinski definition) is 1. The number of amides is 2. The monoisotopic (exact) mass is 508 g/mol. The van der Waals surface area contributed by atoms with E-state index >= 15 is 0 Å². The van der Waals surface area contributed by atoms with Crippen molar-refractivity contribution in [1.29, 1.82) is 0 Å². The van der Waals surface area contributed by atoms with Crippen LogP contribution in [0.15, 0.2) is 72.9 Å². The quantitative estimate of drug-likeness (QED) is 0.341. The molecule has 194 valence electrons. The Morgan fingerprint density at radius 2 is 1.66 bits per heavy atom. The number of nitrogens with zero attached hydrogens (tertiary/aromatic N) is 5. The van der Waals surface area contributed by atoms with Gasteiger partial charge in [-0.3, -0.25) is 24.4 Å². The lowest BCUT2D eigenvalue weighted by atomic mass is 10.1. The summed E-state index contributed by atoms with van der Waals surface area (Å²) in [5.74, 6) is 0.321. The number of anilines is 1. The number of rotatable bonds is 7. The van der Waals surface area contributed by atoms with Gasteiger partial charge in [-0.05, 0) is 69.0 Å². The van der Waals surface area contributed by atoms with Crippen LogP contribution in [0.1, 0.15) is 72.0 Å². The van der Waals surface area contributed by atoms with Crippen LogP contribution in [0.4, 0.5) is 5.95 Å². The van der Waals surface area contributed by atoms with Crippen LogP contribution in [0.3, 0.4) is 0 Å². The second-order valence-corrected chi connectivity index (χ2v) is 10.0. The van der Waals surface area contributed by atoms with E-state index < -0.39 is 6.17 Å². The summed E-state index contributed by atoms with van der Waals surface area (Å²) < 4.78 is 2.25. The molecule has 0 radical (unpaired) electrons. The molecule has 2 aromatic carbocycles. The Kier molecular flexibility index (Phi) is 6.41. The molecule has 1 fully saturated rings. The van der Waals surface area contributed by atoms with Crippen molar-refractivity contribution in [3.8, 4) is 0 Å². The first-order valence-corrected chi connectivity index (χ1v) is 13.5. The second kappa shape index (κ2) is 10.0. The van der Waals surface area contributed by atoms with Gasteiger partial charge in [-0.1, -0.05) is 37.3 Å². The number of likely N-dealkylation sites (tertiary alicyclic amines) is 1. The Bertz CT molecular complexity index is 1450. The van der Waals surface area contributed by atoms with Crippen LogP contribution in [0.2, 0.25) is 0 Å². The molecule has 38 heavy (non-hydrogen) atoms. The fourth-order valence-corrected chi connectivity index (χ4v) is 5.96. The fraction of sp³-hybridized carbons (Fsp3) is 0.333. The lowest BCUT2D eigenvalue weighted by Gasteiger charge is -2.42. The molecule has 4 heterocycles. The lowest BCUT2D eigenvalue weighted by molar-refractivity contribution is 0.0173. The summed E-state index contributed by atoms with van der Waals surface area (Å²) in [7, 11) is 0. The Labute approximate surface area is 222 Å². The van der Waals surface area contributed by atoms with Gasteiger partial charge in [-0.25, -0.2) is 4.98 Å². The minimum Gasteiger partial charge on any atom is -0.340 e. The number of carbonyl (C=O) groups is 2. The van der Waals surface area contributed by atoms with E-state index in [1.54, 1.807) is 24.3 Å². The van der Waals surface area contributed by atoms with Gasteiger partial charge in [0.15, 0.2) is 0 Å². The third-order valence-electron chi connectivity index (χ3n) is 7.84. The third-order valence-corrected chi connectivity index (χ3v) is 7.84. The van der Waals surface area contributed by atoms with Crippen LogP contribution in [-0.2, 0) is 0 Å².